The molecule has 6 heteroatoms. The van der Waals surface area contributed by atoms with Gasteiger partial charge in [-0.15, -0.1) is 0 Å². The van der Waals surface area contributed by atoms with Crippen molar-refractivity contribution >= 4 is 15.7 Å². The van der Waals surface area contributed by atoms with E-state index in [2.05, 4.69) is 0 Å². The molecule has 1 fully saturated rings. The maximum atomic E-state index is 12.9. The number of nitrogens with zero attached hydrogens (tertiary/aromatic N) is 1. The third-order valence-electron chi connectivity index (χ3n) is 4.63. The number of morpholine rings is 1. The van der Waals surface area contributed by atoms with E-state index in [9.17, 15) is 13.2 Å². The van der Waals surface area contributed by atoms with E-state index >= 15 is 0 Å². The standard InChI is InChI=1S/C17H25NO4S/c1-5-13-7-8-14(11-15(13)23(4,20)21)16(19)18-9-10-22-12-17(18,3)6-2/h7-8,11H,5-6,9-10,12H2,1-4H3/t17-/m1/s1. The number of hydrogen-bond acceptors (Lipinski definition) is 4. The maximum absolute atomic E-state index is 12.9. The maximum Gasteiger partial charge on any atom is 0.254 e. The van der Waals surface area contributed by atoms with Gasteiger partial charge < -0.3 is 9.64 Å². The Hall–Kier alpha value is -1.40. The van der Waals surface area contributed by atoms with E-state index in [1.807, 2.05) is 25.7 Å². The average Bonchev–Trinajstić information content (AvgIpc) is 2.53. The molecule has 0 aromatic heterocycles. The van der Waals surface area contributed by atoms with E-state index in [0.29, 0.717) is 31.7 Å². The van der Waals surface area contributed by atoms with Crippen molar-refractivity contribution in [3.63, 3.8) is 0 Å². The van der Waals surface area contributed by atoms with E-state index in [0.717, 1.165) is 12.0 Å². The summed E-state index contributed by atoms with van der Waals surface area (Å²) in [7, 11) is -3.36. The number of carbonyl (C=O) groups excluding carboxylic acids is 1. The quantitative estimate of drug-likeness (QED) is 0.844. The topological polar surface area (TPSA) is 63.7 Å². The lowest BCUT2D eigenvalue weighted by Crippen LogP contribution is -2.57. The molecule has 1 amide bonds. The zero-order chi connectivity index (χ0) is 17.3. The highest BCUT2D eigenvalue weighted by Crippen LogP contribution is 2.27. The lowest BCUT2D eigenvalue weighted by molar-refractivity contribution is -0.0465. The summed E-state index contributed by atoms with van der Waals surface area (Å²) in [6.45, 7) is 7.46. The smallest absolute Gasteiger partial charge is 0.254 e. The Morgan fingerprint density at radius 3 is 2.61 bits per heavy atom. The number of amides is 1. The highest BCUT2D eigenvalue weighted by Gasteiger charge is 2.37. The fourth-order valence-corrected chi connectivity index (χ4v) is 3.95. The Bertz CT molecular complexity index is 699. The Kier molecular flexibility index (Phi) is 5.16. The van der Waals surface area contributed by atoms with Crippen LogP contribution in [0.2, 0.25) is 0 Å². The van der Waals surface area contributed by atoms with Gasteiger partial charge in [-0.05, 0) is 37.5 Å². The molecular formula is C17H25NO4S. The first-order valence-corrected chi connectivity index (χ1v) is 9.84. The van der Waals surface area contributed by atoms with E-state index in [4.69, 9.17) is 4.74 Å². The third kappa shape index (κ3) is 3.58. The first-order chi connectivity index (χ1) is 10.7. The monoisotopic (exact) mass is 339 g/mol. The van der Waals surface area contributed by atoms with E-state index in [-0.39, 0.29) is 16.3 Å². The minimum atomic E-state index is -3.36. The van der Waals surface area contributed by atoms with Crippen LogP contribution in [0.1, 0.15) is 43.1 Å². The van der Waals surface area contributed by atoms with Crippen molar-refractivity contribution in [2.75, 3.05) is 26.0 Å². The summed E-state index contributed by atoms with van der Waals surface area (Å²) >= 11 is 0. The van der Waals surface area contributed by atoms with Crippen molar-refractivity contribution in [3.8, 4) is 0 Å². The number of carbonyl (C=O) groups is 1. The van der Waals surface area contributed by atoms with Crippen LogP contribution < -0.4 is 0 Å². The van der Waals surface area contributed by atoms with E-state index in [1.54, 1.807) is 12.1 Å². The average molecular weight is 339 g/mol. The van der Waals surface area contributed by atoms with Crippen molar-refractivity contribution in [3.05, 3.63) is 29.3 Å². The summed E-state index contributed by atoms with van der Waals surface area (Å²) in [5, 5.41) is 0. The molecule has 5 nitrogen and oxygen atoms in total. The molecule has 0 bridgehead atoms. The first kappa shape index (κ1) is 17.9. The molecule has 128 valence electrons. The molecule has 0 spiro atoms. The lowest BCUT2D eigenvalue weighted by atomic mass is 9.95. The molecule has 1 aliphatic rings. The Morgan fingerprint density at radius 2 is 2.04 bits per heavy atom. The summed E-state index contributed by atoms with van der Waals surface area (Å²) in [6.07, 6.45) is 2.58. The number of sulfone groups is 1. The van der Waals surface area contributed by atoms with Crippen molar-refractivity contribution in [2.45, 2.75) is 44.0 Å². The molecule has 23 heavy (non-hydrogen) atoms. The summed E-state index contributed by atoms with van der Waals surface area (Å²) in [5.41, 5.74) is 0.804. The Morgan fingerprint density at radius 1 is 1.35 bits per heavy atom. The van der Waals surface area contributed by atoms with Crippen LogP contribution in [0.4, 0.5) is 0 Å². The van der Waals surface area contributed by atoms with Gasteiger partial charge in [0.05, 0.1) is 23.6 Å². The second kappa shape index (κ2) is 6.61. The minimum absolute atomic E-state index is 0.134. The second-order valence-electron chi connectivity index (χ2n) is 6.31. The molecule has 0 saturated carbocycles. The highest BCUT2D eigenvalue weighted by molar-refractivity contribution is 7.90. The molecule has 0 unspecified atom stereocenters. The van der Waals surface area contributed by atoms with Gasteiger partial charge >= 0.3 is 0 Å². The molecule has 1 aliphatic heterocycles. The van der Waals surface area contributed by atoms with Crippen LogP contribution in [0.15, 0.2) is 23.1 Å². The lowest BCUT2D eigenvalue weighted by Gasteiger charge is -2.44. The first-order valence-electron chi connectivity index (χ1n) is 7.95. The largest absolute Gasteiger partial charge is 0.377 e. The summed E-state index contributed by atoms with van der Waals surface area (Å²) in [4.78, 5) is 15.0. The normalized spacial score (nSPS) is 22.2. The van der Waals surface area contributed by atoms with Crippen LogP contribution in [-0.2, 0) is 21.0 Å². The summed E-state index contributed by atoms with van der Waals surface area (Å²) in [5.74, 6) is -0.134. The van der Waals surface area contributed by atoms with Crippen LogP contribution >= 0.6 is 0 Å². The molecule has 1 saturated heterocycles. The van der Waals surface area contributed by atoms with Gasteiger partial charge in [0.25, 0.3) is 5.91 Å². The van der Waals surface area contributed by atoms with Crippen LogP contribution in [0.25, 0.3) is 0 Å². The van der Waals surface area contributed by atoms with Gasteiger partial charge in [0, 0.05) is 18.4 Å². The van der Waals surface area contributed by atoms with Crippen molar-refractivity contribution in [2.24, 2.45) is 0 Å². The van der Waals surface area contributed by atoms with Gasteiger partial charge in [-0.1, -0.05) is 19.9 Å². The molecule has 1 aromatic rings. The molecule has 2 rings (SSSR count). The predicted octanol–water partition coefficient (Wildman–Crippen LogP) is 2.29. The van der Waals surface area contributed by atoms with Gasteiger partial charge in [0.15, 0.2) is 9.84 Å². The fraction of sp³-hybridized carbons (Fsp3) is 0.588. The van der Waals surface area contributed by atoms with Gasteiger partial charge in [-0.3, -0.25) is 4.79 Å². The van der Waals surface area contributed by atoms with Gasteiger partial charge in [-0.25, -0.2) is 8.42 Å². The number of aryl methyl sites for hydroxylation is 1. The zero-order valence-electron chi connectivity index (χ0n) is 14.3. The van der Waals surface area contributed by atoms with Crippen molar-refractivity contribution in [1.29, 1.82) is 0 Å². The summed E-state index contributed by atoms with van der Waals surface area (Å²) in [6, 6.07) is 4.98. The predicted molar refractivity (Wildman–Crippen MR) is 89.5 cm³/mol. The second-order valence-corrected chi connectivity index (χ2v) is 8.29. The molecule has 0 radical (unpaired) electrons. The molecule has 0 aliphatic carbocycles. The fourth-order valence-electron chi connectivity index (χ4n) is 2.92. The number of benzene rings is 1. The SMILES string of the molecule is CCc1ccc(C(=O)N2CCOC[C@@]2(C)CC)cc1S(C)(=O)=O. The van der Waals surface area contributed by atoms with Crippen molar-refractivity contribution < 1.29 is 17.9 Å². The van der Waals surface area contributed by atoms with Crippen LogP contribution in [0.3, 0.4) is 0 Å². The molecule has 1 heterocycles. The molecule has 1 aromatic carbocycles. The minimum Gasteiger partial charge on any atom is -0.377 e. The molecule has 1 atom stereocenters. The van der Waals surface area contributed by atoms with E-state index in [1.165, 1.54) is 12.3 Å². The van der Waals surface area contributed by atoms with Crippen LogP contribution in [0, 0.1) is 0 Å². The molecule has 0 N–H and O–H groups in total. The van der Waals surface area contributed by atoms with Gasteiger partial charge in [0.2, 0.25) is 0 Å². The van der Waals surface area contributed by atoms with Crippen LogP contribution in [-0.4, -0.2) is 50.8 Å². The van der Waals surface area contributed by atoms with Crippen molar-refractivity contribution in [1.82, 2.24) is 4.90 Å². The molecular weight excluding hydrogens is 314 g/mol. The Labute approximate surface area is 138 Å². The zero-order valence-corrected chi connectivity index (χ0v) is 15.1. The van der Waals surface area contributed by atoms with Gasteiger partial charge in [-0.2, -0.15) is 0 Å². The Balaban J connectivity index is 2.43. The van der Waals surface area contributed by atoms with E-state index < -0.39 is 9.84 Å². The number of hydrogen-bond donors (Lipinski definition) is 0. The number of ether oxygens (including phenoxy) is 1. The third-order valence-corrected chi connectivity index (χ3v) is 5.80. The summed E-state index contributed by atoms with van der Waals surface area (Å²) < 4.78 is 29.5. The van der Waals surface area contributed by atoms with Gasteiger partial charge in [0.1, 0.15) is 0 Å². The van der Waals surface area contributed by atoms with Crippen LogP contribution in [0.5, 0.6) is 0 Å². The number of rotatable bonds is 4. The highest BCUT2D eigenvalue weighted by atomic mass is 32.2.